The standard InChI is InChI=1S/C25H27N5O/c1-18-9-8-13-23(26-18)29-24-17-21(27-19(2)28-24)22-12-6-7-16-30(22)25(31)15-14-20-10-4-3-5-11-20/h3-5,8-11,13-15,17,22H,6-7,12,16H2,1-2H3,(H,26,27,28,29)/b15-14+/t22-/m1/s1. The number of carbonyl (C=O) groups excluding carboxylic acids is 1. The quantitative estimate of drug-likeness (QED) is 0.596. The van der Waals surface area contributed by atoms with Crippen molar-refractivity contribution in [1.29, 1.82) is 0 Å². The number of hydrogen-bond donors (Lipinski definition) is 1. The van der Waals surface area contributed by atoms with Crippen LogP contribution in [0, 0.1) is 13.8 Å². The largest absolute Gasteiger partial charge is 0.331 e. The van der Waals surface area contributed by atoms with Crippen molar-refractivity contribution < 1.29 is 4.79 Å². The van der Waals surface area contributed by atoms with Gasteiger partial charge in [0.1, 0.15) is 17.5 Å². The summed E-state index contributed by atoms with van der Waals surface area (Å²) < 4.78 is 0. The fraction of sp³-hybridized carbons (Fsp3) is 0.280. The van der Waals surface area contributed by atoms with E-state index < -0.39 is 0 Å². The summed E-state index contributed by atoms with van der Waals surface area (Å²) >= 11 is 0. The third-order valence-corrected chi connectivity index (χ3v) is 5.35. The van der Waals surface area contributed by atoms with Crippen LogP contribution in [0.1, 0.15) is 48.1 Å². The van der Waals surface area contributed by atoms with Crippen LogP contribution in [-0.4, -0.2) is 32.3 Å². The van der Waals surface area contributed by atoms with Crippen molar-refractivity contribution in [2.45, 2.75) is 39.2 Å². The average Bonchev–Trinajstić information content (AvgIpc) is 2.78. The highest BCUT2D eigenvalue weighted by Crippen LogP contribution is 2.31. The minimum absolute atomic E-state index is 0.0136. The molecule has 158 valence electrons. The molecule has 1 aliphatic rings. The van der Waals surface area contributed by atoms with Crippen molar-refractivity contribution in [3.8, 4) is 0 Å². The number of piperidine rings is 1. The van der Waals surface area contributed by atoms with Crippen molar-refractivity contribution in [2.24, 2.45) is 0 Å². The molecular formula is C25H27N5O. The Hall–Kier alpha value is -3.54. The van der Waals surface area contributed by atoms with Gasteiger partial charge in [-0.25, -0.2) is 15.0 Å². The molecule has 0 saturated carbocycles. The molecule has 2 aromatic heterocycles. The lowest BCUT2D eigenvalue weighted by Crippen LogP contribution is -2.38. The second-order valence-corrected chi connectivity index (χ2v) is 7.80. The van der Waals surface area contributed by atoms with Crippen LogP contribution in [0.5, 0.6) is 0 Å². The van der Waals surface area contributed by atoms with E-state index in [1.54, 1.807) is 6.08 Å². The molecule has 3 aromatic rings. The Labute approximate surface area is 183 Å². The van der Waals surface area contributed by atoms with Crippen molar-refractivity contribution >= 4 is 23.6 Å². The third kappa shape index (κ3) is 5.34. The number of nitrogens with zero attached hydrogens (tertiary/aromatic N) is 4. The Morgan fingerprint density at radius 3 is 2.65 bits per heavy atom. The molecule has 0 radical (unpaired) electrons. The maximum atomic E-state index is 13.0. The van der Waals surface area contributed by atoms with Gasteiger partial charge in [-0.2, -0.15) is 0 Å². The smallest absolute Gasteiger partial charge is 0.247 e. The van der Waals surface area contributed by atoms with E-state index in [1.165, 1.54) is 0 Å². The topological polar surface area (TPSA) is 71.0 Å². The Kier molecular flexibility index (Phi) is 6.36. The van der Waals surface area contributed by atoms with Gasteiger partial charge in [0.15, 0.2) is 0 Å². The lowest BCUT2D eigenvalue weighted by atomic mass is 9.98. The second kappa shape index (κ2) is 9.51. The van der Waals surface area contributed by atoms with E-state index in [-0.39, 0.29) is 11.9 Å². The molecule has 1 saturated heterocycles. The highest BCUT2D eigenvalue weighted by molar-refractivity contribution is 5.92. The van der Waals surface area contributed by atoms with Crippen LogP contribution in [0.25, 0.3) is 6.08 Å². The Morgan fingerprint density at radius 1 is 1.00 bits per heavy atom. The summed E-state index contributed by atoms with van der Waals surface area (Å²) in [5, 5.41) is 3.28. The zero-order valence-electron chi connectivity index (χ0n) is 18.0. The van der Waals surface area contributed by atoms with Crippen molar-refractivity contribution in [3.05, 3.63) is 83.4 Å². The van der Waals surface area contributed by atoms with E-state index in [0.29, 0.717) is 11.6 Å². The van der Waals surface area contributed by atoms with Gasteiger partial charge in [0.2, 0.25) is 5.91 Å². The molecule has 1 N–H and O–H groups in total. The van der Waals surface area contributed by atoms with Gasteiger partial charge in [-0.15, -0.1) is 0 Å². The zero-order valence-corrected chi connectivity index (χ0v) is 18.0. The number of nitrogens with one attached hydrogen (secondary N) is 1. The summed E-state index contributed by atoms with van der Waals surface area (Å²) in [7, 11) is 0. The summed E-state index contributed by atoms with van der Waals surface area (Å²) in [5.74, 6) is 2.12. The summed E-state index contributed by atoms with van der Waals surface area (Å²) in [6.07, 6.45) is 6.50. The summed E-state index contributed by atoms with van der Waals surface area (Å²) in [6.45, 7) is 4.56. The Bertz CT molecular complexity index is 1080. The lowest BCUT2D eigenvalue weighted by Gasteiger charge is -2.35. The average molecular weight is 414 g/mol. The minimum atomic E-state index is -0.0607. The first kappa shape index (κ1) is 20.7. The number of aryl methyl sites for hydroxylation is 2. The fourth-order valence-corrected chi connectivity index (χ4v) is 3.90. The monoisotopic (exact) mass is 413 g/mol. The van der Waals surface area contributed by atoms with Crippen LogP contribution in [0.2, 0.25) is 0 Å². The summed E-state index contributed by atoms with van der Waals surface area (Å²) in [4.78, 5) is 28.6. The molecule has 1 aliphatic heterocycles. The van der Waals surface area contributed by atoms with Gasteiger partial charge in [-0.05, 0) is 56.9 Å². The molecule has 0 spiro atoms. The summed E-state index contributed by atoms with van der Waals surface area (Å²) in [6, 6.07) is 17.6. The van der Waals surface area contributed by atoms with Gasteiger partial charge in [-0.1, -0.05) is 36.4 Å². The highest BCUT2D eigenvalue weighted by atomic mass is 16.2. The first-order chi connectivity index (χ1) is 15.1. The number of aromatic nitrogens is 3. The van der Waals surface area contributed by atoms with E-state index >= 15 is 0 Å². The number of hydrogen-bond acceptors (Lipinski definition) is 5. The molecule has 1 aromatic carbocycles. The molecule has 0 unspecified atom stereocenters. The lowest BCUT2D eigenvalue weighted by molar-refractivity contribution is -0.129. The molecule has 4 rings (SSSR count). The van der Waals surface area contributed by atoms with Crippen molar-refractivity contribution in [2.75, 3.05) is 11.9 Å². The van der Waals surface area contributed by atoms with Crippen LogP contribution in [0.15, 0.2) is 60.7 Å². The van der Waals surface area contributed by atoms with Gasteiger partial charge < -0.3 is 10.2 Å². The molecule has 0 aliphatic carbocycles. The van der Waals surface area contributed by atoms with Gasteiger partial charge in [-0.3, -0.25) is 4.79 Å². The first-order valence-corrected chi connectivity index (χ1v) is 10.7. The normalized spacial score (nSPS) is 16.5. The molecule has 0 bridgehead atoms. The Morgan fingerprint density at radius 2 is 1.84 bits per heavy atom. The third-order valence-electron chi connectivity index (χ3n) is 5.35. The van der Waals surface area contributed by atoms with E-state index in [9.17, 15) is 4.79 Å². The SMILES string of the molecule is Cc1cccc(Nc2cc([C@H]3CCCCN3C(=O)/C=C/c3ccccc3)nc(C)n2)n1. The van der Waals surface area contributed by atoms with Crippen molar-refractivity contribution in [3.63, 3.8) is 0 Å². The second-order valence-electron chi connectivity index (χ2n) is 7.80. The van der Waals surface area contributed by atoms with Gasteiger partial charge >= 0.3 is 0 Å². The Balaban J connectivity index is 1.56. The number of benzene rings is 1. The first-order valence-electron chi connectivity index (χ1n) is 10.7. The van der Waals surface area contributed by atoms with E-state index in [0.717, 1.165) is 48.6 Å². The van der Waals surface area contributed by atoms with E-state index in [1.807, 2.05) is 79.4 Å². The predicted molar refractivity (Wildman–Crippen MR) is 123 cm³/mol. The van der Waals surface area contributed by atoms with Gasteiger partial charge in [0, 0.05) is 24.4 Å². The molecule has 1 amide bonds. The summed E-state index contributed by atoms with van der Waals surface area (Å²) in [5.41, 5.74) is 2.81. The van der Waals surface area contributed by atoms with Crippen LogP contribution >= 0.6 is 0 Å². The molecule has 6 heteroatoms. The number of carbonyl (C=O) groups is 1. The number of amides is 1. The molecule has 1 atom stereocenters. The maximum absolute atomic E-state index is 13.0. The van der Waals surface area contributed by atoms with Gasteiger partial charge in [0.05, 0.1) is 11.7 Å². The van der Waals surface area contributed by atoms with E-state index in [2.05, 4.69) is 20.3 Å². The van der Waals surface area contributed by atoms with Crippen LogP contribution in [0.3, 0.4) is 0 Å². The predicted octanol–water partition coefficient (Wildman–Crippen LogP) is 5.00. The molecule has 1 fully saturated rings. The zero-order chi connectivity index (χ0) is 21.6. The van der Waals surface area contributed by atoms with Crippen LogP contribution in [0.4, 0.5) is 11.6 Å². The number of anilines is 2. The van der Waals surface area contributed by atoms with E-state index in [4.69, 9.17) is 0 Å². The molecular weight excluding hydrogens is 386 g/mol. The number of rotatable bonds is 5. The molecule has 31 heavy (non-hydrogen) atoms. The number of pyridine rings is 1. The van der Waals surface area contributed by atoms with Crippen LogP contribution < -0.4 is 5.32 Å². The van der Waals surface area contributed by atoms with Gasteiger partial charge in [0.25, 0.3) is 0 Å². The maximum Gasteiger partial charge on any atom is 0.247 e. The number of likely N-dealkylation sites (tertiary alicyclic amines) is 1. The highest BCUT2D eigenvalue weighted by Gasteiger charge is 2.28. The molecule has 3 heterocycles. The van der Waals surface area contributed by atoms with Crippen LogP contribution in [-0.2, 0) is 4.79 Å². The fourth-order valence-electron chi connectivity index (χ4n) is 3.90. The molecule has 6 nitrogen and oxygen atoms in total. The van der Waals surface area contributed by atoms with Crippen molar-refractivity contribution in [1.82, 2.24) is 19.9 Å². The minimum Gasteiger partial charge on any atom is -0.331 e.